The monoisotopic (exact) mass is 193 g/mol. The summed E-state index contributed by atoms with van der Waals surface area (Å²) in [5, 5.41) is 0. The zero-order chi connectivity index (χ0) is 10.6. The Bertz CT molecular complexity index is 276. The molecule has 0 aromatic heterocycles. The summed E-state index contributed by atoms with van der Waals surface area (Å²) in [7, 11) is 1.85. The molecule has 2 rings (SSSR count). The van der Waals surface area contributed by atoms with Crippen LogP contribution in [0.3, 0.4) is 0 Å². The number of likely N-dealkylation sites (tertiary alicyclic amines) is 1. The molecule has 1 aliphatic carbocycles. The van der Waals surface area contributed by atoms with Crippen molar-refractivity contribution in [3.05, 3.63) is 23.3 Å². The largest absolute Gasteiger partial charge is 0.337 e. The predicted molar refractivity (Wildman–Crippen MR) is 59.0 cm³/mol. The maximum Gasteiger partial charge on any atom is 0.253 e. The van der Waals surface area contributed by atoms with Crippen LogP contribution >= 0.6 is 0 Å². The Kier molecular flexibility index (Phi) is 3.93. The van der Waals surface area contributed by atoms with Crippen LogP contribution in [0.15, 0.2) is 23.3 Å². The van der Waals surface area contributed by atoms with E-state index in [2.05, 4.69) is 26.0 Å². The van der Waals surface area contributed by atoms with Crippen LogP contribution in [-0.2, 0) is 4.79 Å². The Morgan fingerprint density at radius 2 is 1.86 bits per heavy atom. The first-order valence-corrected chi connectivity index (χ1v) is 5.35. The van der Waals surface area contributed by atoms with E-state index >= 15 is 0 Å². The minimum atomic E-state index is 0.191. The molecule has 0 radical (unpaired) electrons. The third kappa shape index (κ3) is 2.25. The van der Waals surface area contributed by atoms with E-state index in [1.807, 2.05) is 7.05 Å². The van der Waals surface area contributed by atoms with Crippen LogP contribution in [0.5, 0.6) is 0 Å². The van der Waals surface area contributed by atoms with Gasteiger partial charge in [0.1, 0.15) is 0 Å². The van der Waals surface area contributed by atoms with E-state index in [1.54, 1.807) is 4.90 Å². The summed E-state index contributed by atoms with van der Waals surface area (Å²) in [5.74, 6) is 0.191. The van der Waals surface area contributed by atoms with E-state index < -0.39 is 0 Å². The van der Waals surface area contributed by atoms with Gasteiger partial charge in [0, 0.05) is 19.2 Å². The normalized spacial score (nSPS) is 19.4. The van der Waals surface area contributed by atoms with Gasteiger partial charge < -0.3 is 4.90 Å². The lowest BCUT2D eigenvalue weighted by Gasteiger charge is -2.03. The summed E-state index contributed by atoms with van der Waals surface area (Å²) in [6.45, 7) is 5.06. The molecule has 0 bridgehead atoms. The molecule has 0 aromatic carbocycles. The quantitative estimate of drug-likeness (QED) is 0.579. The van der Waals surface area contributed by atoms with Crippen molar-refractivity contribution >= 4 is 5.91 Å². The molecule has 1 aliphatic heterocycles. The number of nitrogens with zero attached hydrogens (tertiary/aromatic N) is 1. The van der Waals surface area contributed by atoms with Gasteiger partial charge in [0.05, 0.1) is 0 Å². The fourth-order valence-corrected chi connectivity index (χ4v) is 1.63. The van der Waals surface area contributed by atoms with Crippen molar-refractivity contribution in [2.75, 3.05) is 13.6 Å². The second-order valence-electron chi connectivity index (χ2n) is 3.79. The topological polar surface area (TPSA) is 20.3 Å². The first-order valence-electron chi connectivity index (χ1n) is 5.35. The van der Waals surface area contributed by atoms with Crippen LogP contribution in [-0.4, -0.2) is 24.4 Å². The van der Waals surface area contributed by atoms with Crippen LogP contribution < -0.4 is 0 Å². The summed E-state index contributed by atoms with van der Waals surface area (Å²) in [6.07, 6.45) is 7.61. The van der Waals surface area contributed by atoms with Gasteiger partial charge in [-0.1, -0.05) is 32.4 Å². The van der Waals surface area contributed by atoms with Crippen LogP contribution in [0.25, 0.3) is 0 Å². The van der Waals surface area contributed by atoms with Crippen molar-refractivity contribution in [3.8, 4) is 0 Å². The second kappa shape index (κ2) is 4.99. The molecule has 0 aromatic rings. The Labute approximate surface area is 86.3 Å². The molecule has 2 nitrogen and oxygen atoms in total. The van der Waals surface area contributed by atoms with Crippen LogP contribution in [0.4, 0.5) is 0 Å². The highest BCUT2D eigenvalue weighted by atomic mass is 16.2. The molecule has 2 heteroatoms. The highest BCUT2D eigenvalue weighted by molar-refractivity contribution is 6.01. The van der Waals surface area contributed by atoms with Crippen LogP contribution in [0.1, 0.15) is 33.1 Å². The van der Waals surface area contributed by atoms with Gasteiger partial charge in [0.25, 0.3) is 5.91 Å². The Balaban J connectivity index is 0.000000293. The van der Waals surface area contributed by atoms with Crippen LogP contribution in [0.2, 0.25) is 0 Å². The highest BCUT2D eigenvalue weighted by Gasteiger charge is 2.27. The molecular formula is C12H19NO. The molecule has 1 fully saturated rings. The molecule has 0 spiro atoms. The Morgan fingerprint density at radius 1 is 1.29 bits per heavy atom. The van der Waals surface area contributed by atoms with E-state index in [9.17, 15) is 4.79 Å². The smallest absolute Gasteiger partial charge is 0.253 e. The van der Waals surface area contributed by atoms with E-state index in [-0.39, 0.29) is 5.91 Å². The molecule has 0 N–H and O–H groups in total. The molecule has 0 saturated carbocycles. The third-order valence-corrected chi connectivity index (χ3v) is 2.24. The Hall–Kier alpha value is -1.05. The van der Waals surface area contributed by atoms with Crippen molar-refractivity contribution in [2.45, 2.75) is 33.1 Å². The number of likely N-dealkylation sites (N-methyl/N-ethyl adjacent to an activating group) is 1. The second-order valence-corrected chi connectivity index (χ2v) is 3.79. The fraction of sp³-hybridized carbons (Fsp3) is 0.583. The predicted octanol–water partition coefficient (Wildman–Crippen LogP) is 2.52. The van der Waals surface area contributed by atoms with Gasteiger partial charge in [-0.15, -0.1) is 0 Å². The average molecular weight is 193 g/mol. The number of carbonyl (C=O) groups is 1. The van der Waals surface area contributed by atoms with E-state index in [4.69, 9.17) is 0 Å². The molecule has 0 unspecified atom stereocenters. The van der Waals surface area contributed by atoms with Gasteiger partial charge in [-0.3, -0.25) is 4.79 Å². The lowest BCUT2D eigenvalue weighted by Crippen LogP contribution is -2.18. The lowest BCUT2D eigenvalue weighted by molar-refractivity contribution is -0.123. The Morgan fingerprint density at radius 3 is 2.43 bits per heavy atom. The van der Waals surface area contributed by atoms with E-state index in [1.165, 1.54) is 12.0 Å². The van der Waals surface area contributed by atoms with Crippen molar-refractivity contribution in [2.24, 2.45) is 0 Å². The number of fused-ring (bicyclic) bond motifs is 1. The maximum atomic E-state index is 11.4. The van der Waals surface area contributed by atoms with Gasteiger partial charge in [0.15, 0.2) is 0 Å². The zero-order valence-corrected chi connectivity index (χ0v) is 9.34. The van der Waals surface area contributed by atoms with Gasteiger partial charge in [0.2, 0.25) is 0 Å². The van der Waals surface area contributed by atoms with Gasteiger partial charge >= 0.3 is 0 Å². The molecule has 14 heavy (non-hydrogen) atoms. The van der Waals surface area contributed by atoms with Crippen molar-refractivity contribution in [1.29, 1.82) is 0 Å². The van der Waals surface area contributed by atoms with Gasteiger partial charge in [-0.05, 0) is 18.4 Å². The number of hydrogen-bond acceptors (Lipinski definition) is 1. The van der Waals surface area contributed by atoms with Crippen LogP contribution in [0, 0.1) is 0 Å². The highest BCUT2D eigenvalue weighted by Crippen LogP contribution is 2.26. The summed E-state index contributed by atoms with van der Waals surface area (Å²) < 4.78 is 0. The zero-order valence-electron chi connectivity index (χ0n) is 9.34. The third-order valence-electron chi connectivity index (χ3n) is 2.24. The van der Waals surface area contributed by atoms with Gasteiger partial charge in [-0.25, -0.2) is 0 Å². The maximum absolute atomic E-state index is 11.4. The molecule has 1 saturated heterocycles. The molecule has 0 atom stereocenters. The minimum Gasteiger partial charge on any atom is -0.337 e. The lowest BCUT2D eigenvalue weighted by atomic mass is 10.0. The number of amides is 1. The first kappa shape index (κ1) is 11.0. The number of carbonyl (C=O) groups excluding carboxylic acids is 1. The van der Waals surface area contributed by atoms with E-state index in [0.29, 0.717) is 0 Å². The van der Waals surface area contributed by atoms with Crippen molar-refractivity contribution < 1.29 is 4.79 Å². The summed E-state index contributed by atoms with van der Waals surface area (Å²) in [5.41, 5.74) is 2.17. The van der Waals surface area contributed by atoms with Gasteiger partial charge in [-0.2, -0.15) is 0 Å². The summed E-state index contributed by atoms with van der Waals surface area (Å²) >= 11 is 0. The molecular weight excluding hydrogens is 174 g/mol. The van der Waals surface area contributed by atoms with Crippen molar-refractivity contribution in [3.63, 3.8) is 0 Å². The molecule has 1 amide bonds. The first-order chi connectivity index (χ1) is 6.70. The van der Waals surface area contributed by atoms with Crippen molar-refractivity contribution in [1.82, 2.24) is 4.90 Å². The number of allylic oxidation sites excluding steroid dienone is 2. The number of rotatable bonds is 0. The average Bonchev–Trinajstić information content (AvgIpc) is 2.45. The minimum absolute atomic E-state index is 0.191. The molecule has 1 heterocycles. The molecule has 2 aliphatic rings. The standard InChI is InChI=1S/C9H11NO.C3H8/c1-10-6-7-4-2-3-5-8(7)9(10)11;1-3-2/h4-5H,2-3,6H2,1H3;3H2,1-2H3. The fourth-order valence-electron chi connectivity index (χ4n) is 1.63. The SMILES string of the molecule is CCC.CN1CC2=CCCC=C2C1=O. The van der Waals surface area contributed by atoms with E-state index in [0.717, 1.165) is 25.0 Å². The molecule has 78 valence electrons. The number of hydrogen-bond donors (Lipinski definition) is 0. The summed E-state index contributed by atoms with van der Waals surface area (Å²) in [4.78, 5) is 13.1. The summed E-state index contributed by atoms with van der Waals surface area (Å²) in [6, 6.07) is 0.